The first-order valence-corrected chi connectivity index (χ1v) is 5.32. The predicted molar refractivity (Wildman–Crippen MR) is 68.5 cm³/mol. The van der Waals surface area contributed by atoms with E-state index in [1.54, 1.807) is 17.1 Å². The zero-order valence-electron chi connectivity index (χ0n) is 9.20. The molecule has 2 heterocycles. The number of aromatic nitrogens is 2. The molecule has 0 aromatic carbocycles. The average Bonchev–Trinajstić information content (AvgIpc) is 2.65. The molecule has 1 saturated carbocycles. The molecule has 1 saturated heterocycles. The van der Waals surface area contributed by atoms with Crippen LogP contribution in [-0.2, 0) is 11.3 Å². The Bertz CT molecular complexity index is 360. The van der Waals surface area contributed by atoms with Crippen LogP contribution in [0.15, 0.2) is 18.5 Å². The summed E-state index contributed by atoms with van der Waals surface area (Å²) in [6.45, 7) is 2.44. The topological polar surface area (TPSA) is 59.0 Å². The number of nitrogens with zero attached hydrogens (tertiary/aromatic N) is 2. The molecule has 1 amide bonds. The summed E-state index contributed by atoms with van der Waals surface area (Å²) in [5, 5.41) is 10.4. The summed E-state index contributed by atoms with van der Waals surface area (Å²) >= 11 is 0. The molecule has 5 nitrogen and oxygen atoms in total. The molecule has 2 aliphatic rings. The number of halogens is 2. The Hall–Kier alpha value is -0.780. The lowest BCUT2D eigenvalue weighted by molar-refractivity contribution is -0.122. The second kappa shape index (κ2) is 5.71. The third-order valence-electron chi connectivity index (χ3n) is 3.28. The SMILES string of the molecule is Cl.Cl.O=C(Cn1cccn1)NC1C2CNCC21. The van der Waals surface area contributed by atoms with Gasteiger partial charge in [0.05, 0.1) is 0 Å². The van der Waals surface area contributed by atoms with E-state index >= 15 is 0 Å². The van der Waals surface area contributed by atoms with Crippen molar-refractivity contribution >= 4 is 30.7 Å². The summed E-state index contributed by atoms with van der Waals surface area (Å²) < 4.78 is 1.64. The van der Waals surface area contributed by atoms with Gasteiger partial charge in [-0.15, -0.1) is 24.8 Å². The first kappa shape index (κ1) is 14.3. The summed E-state index contributed by atoms with van der Waals surface area (Å²) in [4.78, 5) is 11.6. The normalized spacial score (nSPS) is 28.6. The van der Waals surface area contributed by atoms with Crippen LogP contribution in [0.4, 0.5) is 0 Å². The first-order valence-electron chi connectivity index (χ1n) is 5.32. The molecule has 3 rings (SSSR count). The maximum absolute atomic E-state index is 11.6. The van der Waals surface area contributed by atoms with Gasteiger partial charge in [-0.2, -0.15) is 5.10 Å². The molecule has 0 bridgehead atoms. The van der Waals surface area contributed by atoms with Crippen LogP contribution in [0.5, 0.6) is 0 Å². The molecule has 7 heteroatoms. The minimum absolute atomic E-state index is 0. The Morgan fingerprint density at radius 2 is 2.12 bits per heavy atom. The Morgan fingerprint density at radius 3 is 2.71 bits per heavy atom. The Kier molecular flexibility index (Phi) is 4.80. The number of fused-ring (bicyclic) bond motifs is 1. The van der Waals surface area contributed by atoms with Gasteiger partial charge < -0.3 is 10.6 Å². The summed E-state index contributed by atoms with van der Waals surface area (Å²) in [6, 6.07) is 2.23. The van der Waals surface area contributed by atoms with Gasteiger partial charge in [0.25, 0.3) is 0 Å². The van der Waals surface area contributed by atoms with Gasteiger partial charge in [-0.1, -0.05) is 0 Å². The average molecular weight is 279 g/mol. The van der Waals surface area contributed by atoms with Gasteiger partial charge in [0.1, 0.15) is 6.54 Å². The van der Waals surface area contributed by atoms with E-state index in [2.05, 4.69) is 15.7 Å². The van der Waals surface area contributed by atoms with Crippen molar-refractivity contribution in [1.29, 1.82) is 0 Å². The summed E-state index contributed by atoms with van der Waals surface area (Å²) in [5.74, 6) is 1.41. The minimum Gasteiger partial charge on any atom is -0.351 e. The number of carbonyl (C=O) groups is 1. The summed E-state index contributed by atoms with van der Waals surface area (Å²) in [6.07, 6.45) is 3.48. The van der Waals surface area contributed by atoms with E-state index in [0.717, 1.165) is 13.1 Å². The van der Waals surface area contributed by atoms with Crippen LogP contribution >= 0.6 is 24.8 Å². The van der Waals surface area contributed by atoms with Crippen LogP contribution in [0.2, 0.25) is 0 Å². The van der Waals surface area contributed by atoms with Gasteiger partial charge in [-0.3, -0.25) is 9.48 Å². The second-order valence-electron chi connectivity index (χ2n) is 4.28. The second-order valence-corrected chi connectivity index (χ2v) is 4.28. The lowest BCUT2D eigenvalue weighted by atomic mass is 10.4. The molecule has 1 aromatic rings. The minimum atomic E-state index is 0. The van der Waals surface area contributed by atoms with Crippen LogP contribution in [0.25, 0.3) is 0 Å². The van der Waals surface area contributed by atoms with E-state index in [1.807, 2.05) is 6.07 Å². The maximum Gasteiger partial charge on any atom is 0.241 e. The van der Waals surface area contributed by atoms with Crippen LogP contribution in [0.1, 0.15) is 0 Å². The van der Waals surface area contributed by atoms with E-state index in [0.29, 0.717) is 24.4 Å². The highest BCUT2D eigenvalue weighted by Crippen LogP contribution is 2.41. The van der Waals surface area contributed by atoms with E-state index in [4.69, 9.17) is 0 Å². The van der Waals surface area contributed by atoms with E-state index in [1.165, 1.54) is 0 Å². The lowest BCUT2D eigenvalue weighted by Crippen LogP contribution is -2.34. The number of rotatable bonds is 3. The molecule has 17 heavy (non-hydrogen) atoms. The quantitative estimate of drug-likeness (QED) is 0.822. The smallest absolute Gasteiger partial charge is 0.241 e. The standard InChI is InChI=1S/C10H14N4O.2ClH/c15-9(6-14-3-1-2-12-14)13-10-7-4-11-5-8(7)10;;/h1-3,7-8,10-11H,4-6H2,(H,13,15);2*1H. The molecule has 1 aromatic heterocycles. The molecule has 2 unspecified atom stereocenters. The fourth-order valence-electron chi connectivity index (χ4n) is 2.41. The monoisotopic (exact) mass is 278 g/mol. The van der Waals surface area contributed by atoms with Crippen molar-refractivity contribution in [2.24, 2.45) is 11.8 Å². The Balaban J connectivity index is 0.000000722. The molecular weight excluding hydrogens is 263 g/mol. The molecule has 0 spiro atoms. The number of carbonyl (C=O) groups excluding carboxylic acids is 1. The first-order chi connectivity index (χ1) is 7.34. The van der Waals surface area contributed by atoms with Gasteiger partial charge in [-0.25, -0.2) is 0 Å². The van der Waals surface area contributed by atoms with Crippen molar-refractivity contribution in [1.82, 2.24) is 20.4 Å². The van der Waals surface area contributed by atoms with Crippen LogP contribution in [-0.4, -0.2) is 34.8 Å². The van der Waals surface area contributed by atoms with Gasteiger partial charge in [0.2, 0.25) is 5.91 Å². The van der Waals surface area contributed by atoms with Gasteiger partial charge in [-0.05, 0) is 17.9 Å². The van der Waals surface area contributed by atoms with Crippen LogP contribution in [0.3, 0.4) is 0 Å². The highest BCUT2D eigenvalue weighted by atomic mass is 35.5. The molecule has 96 valence electrons. The number of hydrogen-bond acceptors (Lipinski definition) is 3. The van der Waals surface area contributed by atoms with Gasteiger partial charge in [0, 0.05) is 31.5 Å². The lowest BCUT2D eigenvalue weighted by Gasteiger charge is -2.07. The molecular formula is C10H16Cl2N4O. The van der Waals surface area contributed by atoms with Crippen molar-refractivity contribution in [3.8, 4) is 0 Å². The number of hydrogen-bond donors (Lipinski definition) is 2. The van der Waals surface area contributed by atoms with Crippen molar-refractivity contribution in [2.75, 3.05) is 13.1 Å². The van der Waals surface area contributed by atoms with Crippen LogP contribution in [0, 0.1) is 11.8 Å². The van der Waals surface area contributed by atoms with Crippen molar-refractivity contribution in [3.63, 3.8) is 0 Å². The molecule has 2 atom stereocenters. The summed E-state index contributed by atoms with van der Waals surface area (Å²) in [5.41, 5.74) is 0. The molecule has 0 radical (unpaired) electrons. The van der Waals surface area contributed by atoms with E-state index in [9.17, 15) is 4.79 Å². The van der Waals surface area contributed by atoms with Crippen LogP contribution < -0.4 is 10.6 Å². The fraction of sp³-hybridized carbons (Fsp3) is 0.600. The van der Waals surface area contributed by atoms with Gasteiger partial charge in [0.15, 0.2) is 0 Å². The molecule has 2 fully saturated rings. The van der Waals surface area contributed by atoms with E-state index in [-0.39, 0.29) is 30.7 Å². The highest BCUT2D eigenvalue weighted by molar-refractivity contribution is 5.85. The Labute approximate surface area is 112 Å². The van der Waals surface area contributed by atoms with Gasteiger partial charge >= 0.3 is 0 Å². The van der Waals surface area contributed by atoms with Crippen molar-refractivity contribution in [2.45, 2.75) is 12.6 Å². The Morgan fingerprint density at radius 1 is 1.41 bits per heavy atom. The van der Waals surface area contributed by atoms with E-state index < -0.39 is 0 Å². The summed E-state index contributed by atoms with van der Waals surface area (Å²) in [7, 11) is 0. The molecule has 2 N–H and O–H groups in total. The maximum atomic E-state index is 11.6. The predicted octanol–water partition coefficient (Wildman–Crippen LogP) is 0.0607. The number of amides is 1. The fourth-order valence-corrected chi connectivity index (χ4v) is 2.41. The number of nitrogens with one attached hydrogen (secondary N) is 2. The van der Waals surface area contributed by atoms with Crippen molar-refractivity contribution < 1.29 is 4.79 Å². The largest absolute Gasteiger partial charge is 0.351 e. The number of piperidine rings is 1. The molecule has 1 aliphatic carbocycles. The highest BCUT2D eigenvalue weighted by Gasteiger charge is 2.53. The molecule has 1 aliphatic heterocycles. The zero-order valence-corrected chi connectivity index (χ0v) is 10.8. The van der Waals surface area contributed by atoms with Crippen molar-refractivity contribution in [3.05, 3.63) is 18.5 Å². The third-order valence-corrected chi connectivity index (χ3v) is 3.28. The third kappa shape index (κ3) is 2.91. The zero-order chi connectivity index (χ0) is 10.3.